The van der Waals surface area contributed by atoms with Gasteiger partial charge in [0.05, 0.1) is 12.7 Å². The number of aryl methyl sites for hydroxylation is 2. The molecule has 0 amide bonds. The van der Waals surface area contributed by atoms with Crippen LogP contribution in [0.5, 0.6) is 0 Å². The van der Waals surface area contributed by atoms with Crippen molar-refractivity contribution < 1.29 is 4.74 Å². The highest BCUT2D eigenvalue weighted by atomic mass is 32.2. The first-order valence-corrected chi connectivity index (χ1v) is 13.7. The third-order valence-electron chi connectivity index (χ3n) is 7.05. The Morgan fingerprint density at radius 3 is 2.29 bits per heavy atom. The van der Waals surface area contributed by atoms with E-state index in [1.54, 1.807) is 0 Å². The molecular weight excluding hydrogens is 446 g/mol. The maximum Gasteiger partial charge on any atom is 0.0720 e. The molecule has 1 aliphatic heterocycles. The molecule has 1 saturated heterocycles. The monoisotopic (exact) mass is 481 g/mol. The van der Waals surface area contributed by atoms with E-state index in [1.807, 2.05) is 0 Å². The summed E-state index contributed by atoms with van der Waals surface area (Å²) in [7, 11) is 2.13. The summed E-state index contributed by atoms with van der Waals surface area (Å²) >= 11 is 2.16. The maximum atomic E-state index is 6.52. The van der Waals surface area contributed by atoms with Gasteiger partial charge >= 0.3 is 0 Å². The average Bonchev–Trinajstić information content (AvgIpc) is 3.31. The minimum Gasteiger partial charge on any atom is -0.373 e. The standard InChI is InChI=1S/C32H35NOS/c1-33-19-9-16-29(33)21-27-14-8-15-28(20-27)32-23-30(34-24-26-12-6-3-7-13-26)22-31(35-32)18-17-25-10-4-2-5-11-25/h2-16,19-20,30-32H,17-18,21-24H2,1H3. The number of hydrogen-bond acceptors (Lipinski definition) is 2. The third-order valence-corrected chi connectivity index (χ3v) is 8.65. The highest BCUT2D eigenvalue weighted by Gasteiger charge is 2.31. The van der Waals surface area contributed by atoms with E-state index in [2.05, 4.69) is 127 Å². The molecule has 0 N–H and O–H groups in total. The number of aromatic nitrogens is 1. The van der Waals surface area contributed by atoms with Crippen molar-refractivity contribution in [2.75, 3.05) is 0 Å². The molecule has 1 aliphatic rings. The molecule has 3 unspecified atom stereocenters. The van der Waals surface area contributed by atoms with Crippen molar-refractivity contribution in [3.8, 4) is 0 Å². The molecule has 2 heterocycles. The van der Waals surface area contributed by atoms with Gasteiger partial charge in [0.1, 0.15) is 0 Å². The molecule has 5 rings (SSSR count). The normalized spacial score (nSPS) is 20.1. The molecule has 35 heavy (non-hydrogen) atoms. The van der Waals surface area contributed by atoms with Gasteiger partial charge in [-0.3, -0.25) is 0 Å². The molecule has 3 aromatic carbocycles. The fraction of sp³-hybridized carbons (Fsp3) is 0.312. The van der Waals surface area contributed by atoms with Gasteiger partial charge in [0.2, 0.25) is 0 Å². The van der Waals surface area contributed by atoms with Crippen LogP contribution in [0.3, 0.4) is 0 Å². The minimum absolute atomic E-state index is 0.291. The number of benzene rings is 3. The van der Waals surface area contributed by atoms with E-state index in [9.17, 15) is 0 Å². The topological polar surface area (TPSA) is 14.2 Å². The number of thioether (sulfide) groups is 1. The fourth-order valence-electron chi connectivity index (χ4n) is 5.06. The van der Waals surface area contributed by atoms with Crippen molar-refractivity contribution in [1.29, 1.82) is 0 Å². The number of nitrogens with zero attached hydrogens (tertiary/aromatic N) is 1. The Kier molecular flexibility index (Phi) is 8.07. The molecule has 3 atom stereocenters. The quantitative estimate of drug-likeness (QED) is 0.242. The molecule has 0 aliphatic carbocycles. The molecule has 1 fully saturated rings. The maximum absolute atomic E-state index is 6.52. The Balaban J connectivity index is 1.30. The third kappa shape index (κ3) is 6.68. The first-order valence-electron chi connectivity index (χ1n) is 12.8. The summed E-state index contributed by atoms with van der Waals surface area (Å²) < 4.78 is 8.73. The first-order chi connectivity index (χ1) is 17.2. The molecule has 0 bridgehead atoms. The smallest absolute Gasteiger partial charge is 0.0720 e. The first kappa shape index (κ1) is 24.0. The van der Waals surface area contributed by atoms with E-state index in [-0.39, 0.29) is 0 Å². The van der Waals surface area contributed by atoms with E-state index >= 15 is 0 Å². The second-order valence-corrected chi connectivity index (χ2v) is 11.2. The highest BCUT2D eigenvalue weighted by molar-refractivity contribution is 8.00. The lowest BCUT2D eigenvalue weighted by Gasteiger charge is -2.35. The largest absolute Gasteiger partial charge is 0.373 e. The van der Waals surface area contributed by atoms with Crippen LogP contribution >= 0.6 is 11.8 Å². The van der Waals surface area contributed by atoms with Crippen LogP contribution in [0.4, 0.5) is 0 Å². The zero-order chi connectivity index (χ0) is 23.9. The Labute approximate surface area is 214 Å². The molecule has 0 radical (unpaired) electrons. The van der Waals surface area contributed by atoms with Gasteiger partial charge in [-0.1, -0.05) is 84.9 Å². The minimum atomic E-state index is 0.291. The lowest BCUT2D eigenvalue weighted by atomic mass is 9.97. The number of ether oxygens (including phenoxy) is 1. The lowest BCUT2D eigenvalue weighted by Crippen LogP contribution is -2.27. The predicted octanol–water partition coefficient (Wildman–Crippen LogP) is 7.77. The summed E-state index contributed by atoms with van der Waals surface area (Å²) in [6.07, 6.45) is 7.92. The molecular formula is C32H35NOS. The molecule has 0 saturated carbocycles. The van der Waals surface area contributed by atoms with Gasteiger partial charge in [-0.25, -0.2) is 0 Å². The summed E-state index contributed by atoms with van der Waals surface area (Å²) in [5.41, 5.74) is 6.87. The molecule has 3 heteroatoms. The summed E-state index contributed by atoms with van der Waals surface area (Å²) in [5, 5.41) is 1.07. The number of rotatable bonds is 9. The van der Waals surface area contributed by atoms with Crippen LogP contribution in [0.15, 0.2) is 103 Å². The molecule has 1 aromatic heterocycles. The van der Waals surface area contributed by atoms with Gasteiger partial charge in [0.15, 0.2) is 0 Å². The zero-order valence-corrected chi connectivity index (χ0v) is 21.4. The van der Waals surface area contributed by atoms with Crippen molar-refractivity contribution in [2.24, 2.45) is 7.05 Å². The van der Waals surface area contributed by atoms with Gasteiger partial charge in [-0.05, 0) is 60.1 Å². The van der Waals surface area contributed by atoms with Gasteiger partial charge in [-0.2, -0.15) is 11.8 Å². The van der Waals surface area contributed by atoms with Crippen LogP contribution in [0.25, 0.3) is 0 Å². The highest BCUT2D eigenvalue weighted by Crippen LogP contribution is 2.45. The number of hydrogen-bond donors (Lipinski definition) is 0. The SMILES string of the molecule is Cn1cccc1Cc1cccc(C2CC(OCc3ccccc3)CC(CCc3ccccc3)S2)c1. The summed E-state index contributed by atoms with van der Waals surface area (Å²) in [4.78, 5) is 0. The molecule has 180 valence electrons. The lowest BCUT2D eigenvalue weighted by molar-refractivity contribution is 0.0257. The summed E-state index contributed by atoms with van der Waals surface area (Å²) in [6, 6.07) is 35.1. The Morgan fingerprint density at radius 2 is 1.54 bits per heavy atom. The van der Waals surface area contributed by atoms with Crippen molar-refractivity contribution in [2.45, 2.75) is 55.3 Å². The zero-order valence-electron chi connectivity index (χ0n) is 20.6. The van der Waals surface area contributed by atoms with Gasteiger partial charge in [0.25, 0.3) is 0 Å². The van der Waals surface area contributed by atoms with Crippen LogP contribution in [-0.4, -0.2) is 15.9 Å². The fourth-order valence-corrected chi connectivity index (χ4v) is 6.74. The van der Waals surface area contributed by atoms with Gasteiger partial charge in [0, 0.05) is 35.9 Å². The van der Waals surface area contributed by atoms with E-state index < -0.39 is 0 Å². The van der Waals surface area contributed by atoms with Crippen LogP contribution in [0.2, 0.25) is 0 Å². The summed E-state index contributed by atoms with van der Waals surface area (Å²) in [5.74, 6) is 0. The molecule has 2 nitrogen and oxygen atoms in total. The van der Waals surface area contributed by atoms with E-state index in [4.69, 9.17) is 4.74 Å². The molecule has 4 aromatic rings. The molecule has 0 spiro atoms. The van der Waals surface area contributed by atoms with Gasteiger partial charge < -0.3 is 9.30 Å². The Morgan fingerprint density at radius 1 is 0.800 bits per heavy atom. The Hall–Kier alpha value is -2.75. The van der Waals surface area contributed by atoms with Crippen LogP contribution in [0.1, 0.15) is 52.5 Å². The Bertz CT molecular complexity index is 1130. The van der Waals surface area contributed by atoms with Gasteiger partial charge in [-0.15, -0.1) is 0 Å². The van der Waals surface area contributed by atoms with Crippen molar-refractivity contribution in [1.82, 2.24) is 4.57 Å². The van der Waals surface area contributed by atoms with Crippen molar-refractivity contribution in [3.05, 3.63) is 131 Å². The second-order valence-electron chi connectivity index (χ2n) is 9.69. The second kappa shape index (κ2) is 11.8. The van der Waals surface area contributed by atoms with E-state index in [0.29, 0.717) is 23.2 Å². The predicted molar refractivity (Wildman–Crippen MR) is 148 cm³/mol. The van der Waals surface area contributed by atoms with E-state index in [0.717, 1.165) is 25.7 Å². The van der Waals surface area contributed by atoms with Crippen molar-refractivity contribution in [3.63, 3.8) is 0 Å². The van der Waals surface area contributed by atoms with Crippen LogP contribution in [0, 0.1) is 0 Å². The van der Waals surface area contributed by atoms with Crippen molar-refractivity contribution >= 4 is 11.8 Å². The van der Waals surface area contributed by atoms with E-state index in [1.165, 1.54) is 34.4 Å². The summed E-state index contributed by atoms with van der Waals surface area (Å²) in [6.45, 7) is 0.696. The average molecular weight is 482 g/mol. The van der Waals surface area contributed by atoms with Crippen LogP contribution < -0.4 is 0 Å². The van der Waals surface area contributed by atoms with Crippen LogP contribution in [-0.2, 0) is 31.2 Å².